The van der Waals surface area contributed by atoms with Gasteiger partial charge in [-0.2, -0.15) is 0 Å². The van der Waals surface area contributed by atoms with Crippen molar-refractivity contribution < 1.29 is 35.7 Å². The summed E-state index contributed by atoms with van der Waals surface area (Å²) in [7, 11) is -2.80. The van der Waals surface area contributed by atoms with Crippen molar-refractivity contribution in [3.8, 4) is 0 Å². The number of benzene rings is 2. The standard InChI is InChI=1S/C31H35BrN2O5Si.CO.Fe/c1-5-38-28(35)17-16-22-18-24(34-20-27(32)29(36)33-30(34)37)19-23(22)21-39-40(31(2,3)4,25-12-8-6-9-13-25)26-14-10-7-11-15-26;1-2;/h6-18,20,23-24H,5,19,21H2,1-4H3,(H,33,36,37);;/q;;+3/b17-16+;;/t23-,24+;;/m1../s1. The van der Waals surface area contributed by atoms with E-state index in [-0.39, 0.29) is 45.1 Å². The Kier molecular flexibility index (Phi) is 13.6. The van der Waals surface area contributed by atoms with Crippen molar-refractivity contribution in [2.24, 2.45) is 5.92 Å². The molecule has 1 aromatic heterocycles. The van der Waals surface area contributed by atoms with E-state index in [1.54, 1.807) is 13.0 Å². The number of esters is 1. The van der Waals surface area contributed by atoms with Gasteiger partial charge in [0.15, 0.2) is 0 Å². The second-order valence-electron chi connectivity index (χ2n) is 10.9. The second-order valence-corrected chi connectivity index (χ2v) is 16.0. The van der Waals surface area contributed by atoms with Gasteiger partial charge < -0.3 is 9.16 Å². The van der Waals surface area contributed by atoms with Gasteiger partial charge >= 0.3 is 40.0 Å². The molecule has 1 radical (unpaired) electrons. The number of ether oxygens (including phenoxy) is 1. The molecule has 2 atom stereocenters. The zero-order valence-corrected chi connectivity index (χ0v) is 28.2. The third kappa shape index (κ3) is 8.34. The number of allylic oxidation sites excluding steroid dienone is 2. The van der Waals surface area contributed by atoms with E-state index in [1.165, 1.54) is 27.2 Å². The van der Waals surface area contributed by atoms with Crippen LogP contribution in [0.5, 0.6) is 0 Å². The number of carbonyl (C=O) groups is 1. The van der Waals surface area contributed by atoms with Crippen molar-refractivity contribution >= 4 is 40.6 Å². The van der Waals surface area contributed by atoms with Gasteiger partial charge in [-0.3, -0.25) is 14.3 Å². The molecule has 2 aromatic carbocycles. The van der Waals surface area contributed by atoms with Crippen LogP contribution in [0.25, 0.3) is 0 Å². The van der Waals surface area contributed by atoms with E-state index >= 15 is 0 Å². The van der Waals surface area contributed by atoms with Crippen molar-refractivity contribution in [2.75, 3.05) is 13.2 Å². The summed E-state index contributed by atoms with van der Waals surface area (Å²) in [5, 5.41) is 2.16. The van der Waals surface area contributed by atoms with E-state index in [9.17, 15) is 14.4 Å². The molecule has 225 valence electrons. The smallest absolute Gasteiger partial charge is 3.00 e. The maximum atomic E-state index is 12.7. The van der Waals surface area contributed by atoms with Gasteiger partial charge in [-0.05, 0) is 50.3 Å². The van der Waals surface area contributed by atoms with E-state index in [0.29, 0.717) is 13.0 Å². The molecule has 43 heavy (non-hydrogen) atoms. The predicted octanol–water partition coefficient (Wildman–Crippen LogP) is 4.44. The van der Waals surface area contributed by atoms with E-state index in [0.717, 1.165) is 5.57 Å². The van der Waals surface area contributed by atoms with Gasteiger partial charge in [0.25, 0.3) is 13.9 Å². The number of hydrogen-bond acceptors (Lipinski definition) is 5. The minimum absolute atomic E-state index is 0. The average Bonchev–Trinajstić information content (AvgIpc) is 3.38. The van der Waals surface area contributed by atoms with Crippen LogP contribution >= 0.6 is 15.9 Å². The summed E-state index contributed by atoms with van der Waals surface area (Å²) in [4.78, 5) is 39.2. The van der Waals surface area contributed by atoms with Gasteiger partial charge in [-0.1, -0.05) is 93.6 Å². The topological polar surface area (TPSA) is 110 Å². The van der Waals surface area contributed by atoms with Crippen LogP contribution < -0.4 is 21.6 Å². The number of rotatable bonds is 9. The van der Waals surface area contributed by atoms with Crippen molar-refractivity contribution in [1.82, 2.24) is 9.55 Å². The third-order valence-corrected chi connectivity index (χ3v) is 12.8. The number of H-pyrrole nitrogens is 1. The Hall–Kier alpha value is -3.01. The minimum atomic E-state index is -2.80. The van der Waals surface area contributed by atoms with Crippen molar-refractivity contribution in [2.45, 2.75) is 45.2 Å². The van der Waals surface area contributed by atoms with Gasteiger partial charge in [0.1, 0.15) is 0 Å². The summed E-state index contributed by atoms with van der Waals surface area (Å²) in [6, 6.07) is 20.5. The van der Waals surface area contributed by atoms with E-state index in [1.807, 2.05) is 18.2 Å². The Morgan fingerprint density at radius 1 is 1.09 bits per heavy atom. The number of aromatic amines is 1. The summed E-state index contributed by atoms with van der Waals surface area (Å²) >= 11 is 3.24. The van der Waals surface area contributed by atoms with Gasteiger partial charge in [-0.15, -0.1) is 0 Å². The fraction of sp³-hybridized carbons (Fsp3) is 0.312. The molecule has 0 unspecified atom stereocenters. The van der Waals surface area contributed by atoms with Crippen LogP contribution in [0.1, 0.15) is 40.2 Å². The quantitative estimate of drug-likeness (QED) is 0.116. The fourth-order valence-electron chi connectivity index (χ4n) is 5.45. The first kappa shape index (κ1) is 36.2. The molecule has 0 saturated heterocycles. The molecule has 0 spiro atoms. The number of hydrogen-bond donors (Lipinski definition) is 1. The van der Waals surface area contributed by atoms with E-state index in [4.69, 9.17) is 13.8 Å². The average molecular weight is 707 g/mol. The maximum absolute atomic E-state index is 12.7. The van der Waals surface area contributed by atoms with Crippen LogP contribution in [0.3, 0.4) is 0 Å². The van der Waals surface area contributed by atoms with Crippen LogP contribution in [-0.4, -0.2) is 37.1 Å². The molecule has 0 amide bonds. The van der Waals surface area contributed by atoms with Crippen LogP contribution in [0.15, 0.2) is 105 Å². The molecule has 3 aromatic rings. The molecule has 8 nitrogen and oxygen atoms in total. The van der Waals surface area contributed by atoms with Crippen molar-refractivity contribution in [3.05, 3.63) is 123 Å². The van der Waals surface area contributed by atoms with Crippen LogP contribution in [0.4, 0.5) is 0 Å². The molecular weight excluding hydrogens is 672 g/mol. The van der Waals surface area contributed by atoms with Crippen molar-refractivity contribution in [3.63, 3.8) is 0 Å². The Balaban J connectivity index is 0.00000211. The molecule has 1 aliphatic carbocycles. The van der Waals surface area contributed by atoms with Crippen LogP contribution in [0.2, 0.25) is 5.04 Å². The fourth-order valence-corrected chi connectivity index (χ4v) is 10.4. The number of carbonyl (C=O) groups excluding carboxylic acids is 1. The van der Waals surface area contributed by atoms with Crippen LogP contribution in [0, 0.1) is 12.6 Å². The second kappa shape index (κ2) is 16.2. The van der Waals surface area contributed by atoms with Gasteiger partial charge in [0, 0.05) is 24.8 Å². The summed E-state index contributed by atoms with van der Waals surface area (Å²) in [6.45, 7) is 13.6. The van der Waals surface area contributed by atoms with Gasteiger partial charge in [0.2, 0.25) is 0 Å². The van der Waals surface area contributed by atoms with Crippen LogP contribution in [-0.2, 0) is 35.7 Å². The Bertz CT molecular complexity index is 1520. The molecule has 11 heteroatoms. The maximum Gasteiger partial charge on any atom is 3.00 e. The third-order valence-electron chi connectivity index (χ3n) is 7.28. The minimum Gasteiger partial charge on any atom is 3.00 e. The van der Waals surface area contributed by atoms with E-state index < -0.39 is 25.5 Å². The predicted molar refractivity (Wildman–Crippen MR) is 168 cm³/mol. The summed E-state index contributed by atoms with van der Waals surface area (Å²) in [5.41, 5.74) is -0.0841. The molecular formula is C32H35BrFeN2O6Si+3. The molecule has 1 N–H and O–H groups in total. The first-order chi connectivity index (χ1) is 20.1. The zero-order chi connectivity index (χ0) is 30.9. The Labute approximate surface area is 271 Å². The summed E-state index contributed by atoms with van der Waals surface area (Å²) < 4.78 is 21.6. The van der Waals surface area contributed by atoms with Gasteiger partial charge in [-0.25, -0.2) is 9.59 Å². The van der Waals surface area contributed by atoms with Crippen molar-refractivity contribution in [1.29, 1.82) is 0 Å². The first-order valence-corrected chi connectivity index (χ1v) is 16.3. The Morgan fingerprint density at radius 2 is 1.65 bits per heavy atom. The Morgan fingerprint density at radius 3 is 2.16 bits per heavy atom. The number of nitrogens with zero attached hydrogens (tertiary/aromatic N) is 1. The zero-order valence-electron chi connectivity index (χ0n) is 24.5. The summed E-state index contributed by atoms with van der Waals surface area (Å²) in [6.07, 6.45) is 7.21. The normalized spacial score (nSPS) is 16.5. The number of halogens is 1. The van der Waals surface area contributed by atoms with E-state index in [2.05, 4.69) is 96.9 Å². The molecule has 0 saturated carbocycles. The molecule has 0 bridgehead atoms. The number of aromatic nitrogens is 2. The summed E-state index contributed by atoms with van der Waals surface area (Å²) in [5.74, 6) is -0.530. The first-order valence-electron chi connectivity index (χ1n) is 13.6. The molecule has 1 heterocycles. The largest absolute Gasteiger partial charge is 3.00 e. The monoisotopic (exact) mass is 706 g/mol. The molecule has 0 aliphatic heterocycles. The SMILES string of the molecule is CCOC(=O)/C=C/C1=C[C@H](n2cc(Br)c(=O)[nH]c2=O)C[C@@H]1CO[Si](c1ccccc1)(c1ccccc1)C(C)(C)C.[C-]#[O+].[Fe+3]. The molecule has 1 aliphatic rings. The molecule has 4 rings (SSSR count). The number of nitrogens with one attached hydrogen (secondary N) is 1. The van der Waals surface area contributed by atoms with Gasteiger partial charge in [0.05, 0.1) is 17.1 Å². The molecule has 0 fully saturated rings.